The Morgan fingerprint density at radius 1 is 1.20 bits per heavy atom. The van der Waals surface area contributed by atoms with E-state index in [1.54, 1.807) is 12.1 Å². The number of carbonyl (C=O) groups excluding carboxylic acids is 1. The van der Waals surface area contributed by atoms with Crippen LogP contribution in [0, 0.1) is 6.92 Å². The number of nitrogens with one attached hydrogen (secondary N) is 2. The highest BCUT2D eigenvalue weighted by molar-refractivity contribution is 6.01. The van der Waals surface area contributed by atoms with Gasteiger partial charge >= 0.3 is 6.61 Å². The van der Waals surface area contributed by atoms with Crippen molar-refractivity contribution >= 4 is 23.0 Å². The van der Waals surface area contributed by atoms with Gasteiger partial charge in [-0.2, -0.15) is 13.9 Å². The number of ether oxygens (including phenoxy) is 1. The van der Waals surface area contributed by atoms with Crippen LogP contribution in [0.15, 0.2) is 53.6 Å². The third kappa shape index (κ3) is 3.82. The molecule has 1 aromatic heterocycles. The molecule has 2 N–H and O–H groups in total. The number of aryl methyl sites for hydroxylation is 1. The maximum atomic E-state index is 12.2. The molecule has 0 atom stereocenters. The van der Waals surface area contributed by atoms with Crippen molar-refractivity contribution in [2.75, 3.05) is 0 Å². The molecule has 0 fully saturated rings. The molecule has 5 nitrogen and oxygen atoms in total. The van der Waals surface area contributed by atoms with Crippen molar-refractivity contribution in [2.45, 2.75) is 13.5 Å². The molecule has 0 aliphatic heterocycles. The van der Waals surface area contributed by atoms with Gasteiger partial charge in [-0.15, -0.1) is 0 Å². The fourth-order valence-corrected chi connectivity index (χ4v) is 2.47. The maximum Gasteiger partial charge on any atom is 0.387 e. The number of hydrogen-bond acceptors (Lipinski definition) is 3. The van der Waals surface area contributed by atoms with Gasteiger partial charge in [0.15, 0.2) is 0 Å². The summed E-state index contributed by atoms with van der Waals surface area (Å²) < 4.78 is 28.4. The van der Waals surface area contributed by atoms with E-state index >= 15 is 0 Å². The number of H-pyrrole nitrogens is 1. The average molecular weight is 343 g/mol. The summed E-state index contributed by atoms with van der Waals surface area (Å²) in [6.45, 7) is -1.00. The van der Waals surface area contributed by atoms with Gasteiger partial charge in [0.2, 0.25) is 0 Å². The average Bonchev–Trinajstić information content (AvgIpc) is 2.93. The fraction of sp³-hybridized carbons (Fsp3) is 0.111. The summed E-state index contributed by atoms with van der Waals surface area (Å²) in [6, 6.07) is 13.5. The molecule has 0 saturated heterocycles. The zero-order chi connectivity index (χ0) is 17.8. The van der Waals surface area contributed by atoms with Crippen molar-refractivity contribution in [3.63, 3.8) is 0 Å². The van der Waals surface area contributed by atoms with E-state index in [0.717, 1.165) is 16.5 Å². The van der Waals surface area contributed by atoms with Gasteiger partial charge in [0, 0.05) is 10.9 Å². The van der Waals surface area contributed by atoms with E-state index in [2.05, 4.69) is 20.2 Å². The van der Waals surface area contributed by atoms with Gasteiger partial charge in [0.1, 0.15) is 11.4 Å². The maximum absolute atomic E-state index is 12.2. The van der Waals surface area contributed by atoms with Crippen molar-refractivity contribution in [3.05, 3.63) is 65.4 Å². The quantitative estimate of drug-likeness (QED) is 0.546. The third-order valence-electron chi connectivity index (χ3n) is 3.68. The van der Waals surface area contributed by atoms with Gasteiger partial charge in [0.25, 0.3) is 5.91 Å². The van der Waals surface area contributed by atoms with Crippen LogP contribution >= 0.6 is 0 Å². The standard InChI is InChI=1S/C18H15F2N3O2/c1-11-14-4-2-3-5-15(14)22-16(11)17(24)23-21-10-12-6-8-13(9-7-12)25-18(19)20/h2-10,18,22H,1H3,(H,23,24). The smallest absolute Gasteiger partial charge is 0.387 e. The minimum atomic E-state index is -2.86. The first-order valence-corrected chi connectivity index (χ1v) is 7.50. The van der Waals surface area contributed by atoms with Gasteiger partial charge < -0.3 is 9.72 Å². The zero-order valence-corrected chi connectivity index (χ0v) is 13.3. The first-order valence-electron chi connectivity index (χ1n) is 7.50. The van der Waals surface area contributed by atoms with Gasteiger partial charge in [-0.1, -0.05) is 18.2 Å². The molecule has 0 aliphatic rings. The Balaban J connectivity index is 1.67. The minimum absolute atomic E-state index is 0.0601. The second-order valence-electron chi connectivity index (χ2n) is 5.32. The Bertz CT molecular complexity index is 918. The summed E-state index contributed by atoms with van der Waals surface area (Å²) in [7, 11) is 0. The number of fused-ring (bicyclic) bond motifs is 1. The molecule has 1 heterocycles. The number of nitrogens with zero attached hydrogens (tertiary/aromatic N) is 1. The van der Waals surface area contributed by atoms with Crippen LogP contribution in [0.5, 0.6) is 5.75 Å². The normalized spacial score (nSPS) is 11.4. The lowest BCUT2D eigenvalue weighted by molar-refractivity contribution is -0.0498. The largest absolute Gasteiger partial charge is 0.435 e. The van der Waals surface area contributed by atoms with E-state index in [4.69, 9.17) is 0 Å². The minimum Gasteiger partial charge on any atom is -0.435 e. The molecule has 7 heteroatoms. The van der Waals surface area contributed by atoms with Gasteiger partial charge in [-0.05, 0) is 48.4 Å². The molecular formula is C18H15F2N3O2. The molecule has 0 unspecified atom stereocenters. The van der Waals surface area contributed by atoms with Crippen LogP contribution in [0.4, 0.5) is 8.78 Å². The summed E-state index contributed by atoms with van der Waals surface area (Å²) in [5.74, 6) is -0.299. The summed E-state index contributed by atoms with van der Waals surface area (Å²) >= 11 is 0. The van der Waals surface area contributed by atoms with Crippen LogP contribution in [0.1, 0.15) is 21.6 Å². The number of benzene rings is 2. The van der Waals surface area contributed by atoms with Crippen molar-refractivity contribution in [2.24, 2.45) is 5.10 Å². The Morgan fingerprint density at radius 3 is 2.60 bits per heavy atom. The number of hydrogen-bond donors (Lipinski definition) is 2. The van der Waals surface area contributed by atoms with Crippen LogP contribution in [-0.4, -0.2) is 23.7 Å². The predicted molar refractivity (Wildman–Crippen MR) is 91.2 cm³/mol. The number of hydrazone groups is 1. The monoisotopic (exact) mass is 343 g/mol. The number of alkyl halides is 2. The van der Waals surface area contributed by atoms with Crippen LogP contribution < -0.4 is 10.2 Å². The highest BCUT2D eigenvalue weighted by Crippen LogP contribution is 2.21. The summed E-state index contributed by atoms with van der Waals surface area (Å²) in [5, 5.41) is 4.86. The van der Waals surface area contributed by atoms with Gasteiger partial charge in [0.05, 0.1) is 6.21 Å². The molecule has 128 valence electrons. The Morgan fingerprint density at radius 2 is 1.92 bits per heavy atom. The van der Waals surface area contributed by atoms with E-state index < -0.39 is 6.61 Å². The Hall–Kier alpha value is -3.22. The zero-order valence-electron chi connectivity index (χ0n) is 13.3. The second kappa shape index (κ2) is 7.12. The van der Waals surface area contributed by atoms with Crippen LogP contribution in [0.25, 0.3) is 10.9 Å². The van der Waals surface area contributed by atoms with Crippen molar-refractivity contribution in [1.29, 1.82) is 0 Å². The lowest BCUT2D eigenvalue weighted by atomic mass is 10.1. The number of aromatic nitrogens is 1. The second-order valence-corrected chi connectivity index (χ2v) is 5.32. The molecule has 0 aliphatic carbocycles. The molecule has 2 aromatic carbocycles. The highest BCUT2D eigenvalue weighted by Gasteiger charge is 2.13. The lowest BCUT2D eigenvalue weighted by Gasteiger charge is -2.03. The molecular weight excluding hydrogens is 328 g/mol. The molecule has 3 rings (SSSR count). The Kier molecular flexibility index (Phi) is 4.74. The molecule has 0 bridgehead atoms. The van der Waals surface area contributed by atoms with Crippen LogP contribution in [0.3, 0.4) is 0 Å². The first kappa shape index (κ1) is 16.6. The van der Waals surface area contributed by atoms with Crippen molar-refractivity contribution in [1.82, 2.24) is 10.4 Å². The molecule has 0 spiro atoms. The molecule has 0 saturated carbocycles. The number of halogens is 2. The van der Waals surface area contributed by atoms with Crippen LogP contribution in [-0.2, 0) is 0 Å². The lowest BCUT2D eigenvalue weighted by Crippen LogP contribution is -2.18. The third-order valence-corrected chi connectivity index (χ3v) is 3.68. The summed E-state index contributed by atoms with van der Waals surface area (Å²) in [5.41, 5.74) is 5.24. The van der Waals surface area contributed by atoms with Gasteiger partial charge in [-0.25, -0.2) is 5.43 Å². The van der Waals surface area contributed by atoms with E-state index in [-0.39, 0.29) is 11.7 Å². The molecule has 1 amide bonds. The van der Waals surface area contributed by atoms with E-state index in [1.807, 2.05) is 31.2 Å². The summed E-state index contributed by atoms with van der Waals surface area (Å²) in [4.78, 5) is 15.3. The molecule has 25 heavy (non-hydrogen) atoms. The van der Waals surface area contributed by atoms with Crippen molar-refractivity contribution in [3.8, 4) is 5.75 Å². The highest BCUT2D eigenvalue weighted by atomic mass is 19.3. The van der Waals surface area contributed by atoms with E-state index in [9.17, 15) is 13.6 Å². The van der Waals surface area contributed by atoms with E-state index in [0.29, 0.717) is 11.3 Å². The first-order chi connectivity index (χ1) is 12.0. The van der Waals surface area contributed by atoms with E-state index in [1.165, 1.54) is 18.3 Å². The SMILES string of the molecule is Cc1c(C(=O)NN=Cc2ccc(OC(F)F)cc2)[nH]c2ccccc12. The molecule has 3 aromatic rings. The van der Waals surface area contributed by atoms with Gasteiger partial charge in [-0.3, -0.25) is 4.79 Å². The van der Waals surface area contributed by atoms with Crippen LogP contribution in [0.2, 0.25) is 0 Å². The predicted octanol–water partition coefficient (Wildman–Crippen LogP) is 3.84. The topological polar surface area (TPSA) is 66.5 Å². The number of aromatic amines is 1. The fourth-order valence-electron chi connectivity index (χ4n) is 2.47. The number of para-hydroxylation sites is 1. The number of rotatable bonds is 5. The van der Waals surface area contributed by atoms with Crippen molar-refractivity contribution < 1.29 is 18.3 Å². The number of amides is 1. The number of carbonyl (C=O) groups is 1. The Labute approximate surface area is 142 Å². The summed E-state index contributed by atoms with van der Waals surface area (Å²) in [6.07, 6.45) is 1.42. The molecule has 0 radical (unpaired) electrons.